The minimum Gasteiger partial charge on any atom is -0.352 e. The molecule has 4 nitrogen and oxygen atoms in total. The molecule has 1 heterocycles. The molecule has 2 aromatic carbocycles. The topological polar surface area (TPSA) is 49.4 Å². The molecule has 1 aliphatic rings. The number of benzene rings is 2. The summed E-state index contributed by atoms with van der Waals surface area (Å²) in [4.78, 5) is 25.8. The molecule has 2 aromatic rings. The van der Waals surface area contributed by atoms with E-state index in [9.17, 15) is 9.59 Å². The Morgan fingerprint density at radius 3 is 2.54 bits per heavy atom. The molecule has 0 spiro atoms. The van der Waals surface area contributed by atoms with Crippen molar-refractivity contribution in [2.24, 2.45) is 0 Å². The van der Waals surface area contributed by atoms with Crippen LogP contribution in [0.5, 0.6) is 0 Å². The number of nitrogens with one attached hydrogen (secondary N) is 1. The van der Waals surface area contributed by atoms with Crippen LogP contribution in [0.2, 0.25) is 0 Å². The molecule has 0 fully saturated rings. The van der Waals surface area contributed by atoms with Crippen LogP contribution >= 0.6 is 0 Å². The molecule has 0 unspecified atom stereocenters. The van der Waals surface area contributed by atoms with Gasteiger partial charge in [-0.05, 0) is 48.6 Å². The van der Waals surface area contributed by atoms with Crippen molar-refractivity contribution in [1.29, 1.82) is 0 Å². The normalized spacial score (nSPS) is 13.8. The van der Waals surface area contributed by atoms with Crippen molar-refractivity contribution < 1.29 is 9.59 Å². The highest BCUT2D eigenvalue weighted by atomic mass is 16.2. The number of fused-ring (bicyclic) bond motifs is 1. The Bertz CT molecular complexity index is 738. The molecule has 0 bridgehead atoms. The van der Waals surface area contributed by atoms with Crippen LogP contribution in [-0.2, 0) is 17.8 Å². The van der Waals surface area contributed by atoms with Crippen molar-refractivity contribution in [3.8, 4) is 0 Å². The summed E-state index contributed by atoms with van der Waals surface area (Å²) < 4.78 is 0. The molecule has 4 heteroatoms. The van der Waals surface area contributed by atoms with Crippen molar-refractivity contribution in [2.75, 3.05) is 11.4 Å². The van der Waals surface area contributed by atoms with E-state index < -0.39 is 0 Å². The number of amides is 2. The van der Waals surface area contributed by atoms with Gasteiger partial charge in [-0.25, -0.2) is 0 Å². The summed E-state index contributed by atoms with van der Waals surface area (Å²) in [7, 11) is 0. The molecule has 1 aliphatic heterocycles. The van der Waals surface area contributed by atoms with Crippen molar-refractivity contribution in [2.45, 2.75) is 32.7 Å². The van der Waals surface area contributed by atoms with E-state index >= 15 is 0 Å². The van der Waals surface area contributed by atoms with Gasteiger partial charge < -0.3 is 10.2 Å². The molecule has 3 rings (SSSR count). The van der Waals surface area contributed by atoms with E-state index in [0.29, 0.717) is 12.1 Å². The predicted octanol–water partition coefficient (Wildman–Crippen LogP) is 3.31. The zero-order valence-electron chi connectivity index (χ0n) is 13.9. The van der Waals surface area contributed by atoms with Gasteiger partial charge >= 0.3 is 0 Å². The second-order valence-electron chi connectivity index (χ2n) is 6.15. The molecule has 24 heavy (non-hydrogen) atoms. The number of aryl methyl sites for hydroxylation is 1. The maximum absolute atomic E-state index is 12.9. The number of anilines is 1. The van der Waals surface area contributed by atoms with Crippen molar-refractivity contribution >= 4 is 17.5 Å². The average Bonchev–Trinajstić information content (AvgIpc) is 2.82. The number of para-hydroxylation sites is 1. The van der Waals surface area contributed by atoms with Crippen molar-refractivity contribution in [1.82, 2.24) is 5.32 Å². The number of hydrogen-bond acceptors (Lipinski definition) is 2. The lowest BCUT2D eigenvalue weighted by molar-refractivity contribution is -0.119. The molecule has 1 N–H and O–H groups in total. The lowest BCUT2D eigenvalue weighted by Gasteiger charge is -2.23. The van der Waals surface area contributed by atoms with Gasteiger partial charge in [0.15, 0.2) is 0 Å². The minimum absolute atomic E-state index is 0.0374. The molecule has 0 saturated carbocycles. The number of carbonyl (C=O) groups is 2. The monoisotopic (exact) mass is 322 g/mol. The molecule has 2 amide bonds. The van der Waals surface area contributed by atoms with Crippen molar-refractivity contribution in [3.63, 3.8) is 0 Å². The number of hydrogen-bond donors (Lipinski definition) is 1. The lowest BCUT2D eigenvalue weighted by atomic mass is 10.1. The summed E-state index contributed by atoms with van der Waals surface area (Å²) in [6, 6.07) is 15.6. The molecule has 0 aliphatic carbocycles. The Kier molecular flexibility index (Phi) is 4.94. The van der Waals surface area contributed by atoms with Crippen LogP contribution in [0, 0.1) is 0 Å². The molecule has 0 saturated heterocycles. The van der Waals surface area contributed by atoms with E-state index in [2.05, 4.69) is 11.4 Å². The highest BCUT2D eigenvalue weighted by Gasteiger charge is 2.21. The van der Waals surface area contributed by atoms with E-state index in [0.717, 1.165) is 37.1 Å². The second kappa shape index (κ2) is 7.30. The predicted molar refractivity (Wildman–Crippen MR) is 95.0 cm³/mol. The second-order valence-corrected chi connectivity index (χ2v) is 6.15. The van der Waals surface area contributed by atoms with Gasteiger partial charge in [-0.3, -0.25) is 9.59 Å². The van der Waals surface area contributed by atoms with E-state index in [1.807, 2.05) is 47.4 Å². The van der Waals surface area contributed by atoms with Crippen LogP contribution in [0.15, 0.2) is 48.5 Å². The Morgan fingerprint density at radius 1 is 1.04 bits per heavy atom. The SMILES string of the molecule is CC(=O)NCc1ccc(C(=O)N2CCCCc3ccccc32)cc1. The quantitative estimate of drug-likeness (QED) is 0.942. The largest absolute Gasteiger partial charge is 0.352 e. The Hall–Kier alpha value is -2.62. The summed E-state index contributed by atoms with van der Waals surface area (Å²) in [6.07, 6.45) is 3.15. The Labute approximate surface area is 142 Å². The molecular formula is C20H22N2O2. The van der Waals surface area contributed by atoms with Crippen LogP contribution < -0.4 is 10.2 Å². The molecule has 0 aromatic heterocycles. The zero-order chi connectivity index (χ0) is 16.9. The van der Waals surface area contributed by atoms with E-state index in [1.165, 1.54) is 12.5 Å². The summed E-state index contributed by atoms with van der Waals surface area (Å²) in [6.45, 7) is 2.73. The first kappa shape index (κ1) is 16.2. The zero-order valence-corrected chi connectivity index (χ0v) is 13.9. The fourth-order valence-electron chi connectivity index (χ4n) is 3.05. The van der Waals surface area contributed by atoms with Crippen LogP contribution in [0.4, 0.5) is 5.69 Å². The maximum atomic E-state index is 12.9. The molecule has 0 atom stereocenters. The minimum atomic E-state index is -0.0590. The lowest BCUT2D eigenvalue weighted by Crippen LogP contribution is -2.31. The van der Waals surface area contributed by atoms with Gasteiger partial charge in [0.25, 0.3) is 5.91 Å². The molecule has 0 radical (unpaired) electrons. The third-order valence-electron chi connectivity index (χ3n) is 4.35. The number of nitrogens with zero attached hydrogens (tertiary/aromatic N) is 1. The molecule has 124 valence electrons. The van der Waals surface area contributed by atoms with Gasteiger partial charge in [-0.2, -0.15) is 0 Å². The maximum Gasteiger partial charge on any atom is 0.258 e. The molecular weight excluding hydrogens is 300 g/mol. The Morgan fingerprint density at radius 2 is 1.79 bits per heavy atom. The standard InChI is InChI=1S/C20H22N2O2/c1-15(23)21-14-16-9-11-18(12-10-16)20(24)22-13-5-4-7-17-6-2-3-8-19(17)22/h2-3,6,8-12H,4-5,7,13-14H2,1H3,(H,21,23). The summed E-state index contributed by atoms with van der Waals surface area (Å²) in [5.74, 6) is -0.0215. The number of carbonyl (C=O) groups excluding carboxylic acids is 2. The highest BCUT2D eigenvalue weighted by molar-refractivity contribution is 6.06. The third kappa shape index (κ3) is 3.65. The van der Waals surface area contributed by atoms with Crippen molar-refractivity contribution in [3.05, 3.63) is 65.2 Å². The van der Waals surface area contributed by atoms with Gasteiger partial charge in [0.05, 0.1) is 0 Å². The van der Waals surface area contributed by atoms with E-state index in [1.54, 1.807) is 0 Å². The van der Waals surface area contributed by atoms with Gasteiger partial charge in [0.2, 0.25) is 5.91 Å². The highest BCUT2D eigenvalue weighted by Crippen LogP contribution is 2.27. The van der Waals surface area contributed by atoms with Crippen LogP contribution in [0.1, 0.15) is 41.3 Å². The fourth-order valence-corrected chi connectivity index (χ4v) is 3.05. The Balaban J connectivity index is 1.80. The summed E-state index contributed by atoms with van der Waals surface area (Å²) >= 11 is 0. The summed E-state index contributed by atoms with van der Waals surface area (Å²) in [5.41, 5.74) is 3.93. The van der Waals surface area contributed by atoms with Crippen LogP contribution in [-0.4, -0.2) is 18.4 Å². The van der Waals surface area contributed by atoms with Gasteiger partial charge in [-0.1, -0.05) is 30.3 Å². The number of rotatable bonds is 3. The van der Waals surface area contributed by atoms with Gasteiger partial charge in [0.1, 0.15) is 0 Å². The van der Waals surface area contributed by atoms with Crippen LogP contribution in [0.25, 0.3) is 0 Å². The van der Waals surface area contributed by atoms with Gasteiger partial charge in [0, 0.05) is 31.3 Å². The van der Waals surface area contributed by atoms with Crippen LogP contribution in [0.3, 0.4) is 0 Å². The van der Waals surface area contributed by atoms with E-state index in [-0.39, 0.29) is 11.8 Å². The first-order valence-corrected chi connectivity index (χ1v) is 8.38. The fraction of sp³-hybridized carbons (Fsp3) is 0.300. The third-order valence-corrected chi connectivity index (χ3v) is 4.35. The first-order chi connectivity index (χ1) is 11.6. The average molecular weight is 322 g/mol. The smallest absolute Gasteiger partial charge is 0.258 e. The van der Waals surface area contributed by atoms with Gasteiger partial charge in [-0.15, -0.1) is 0 Å². The summed E-state index contributed by atoms with van der Waals surface area (Å²) in [5, 5.41) is 2.76. The first-order valence-electron chi connectivity index (χ1n) is 8.38. The van der Waals surface area contributed by atoms with E-state index in [4.69, 9.17) is 0 Å².